The second-order valence-electron chi connectivity index (χ2n) is 7.14. The third-order valence-corrected chi connectivity index (χ3v) is 7.78. The molecule has 4 fully saturated rings. The van der Waals surface area contributed by atoms with Gasteiger partial charge in [-0.3, -0.25) is 0 Å². The van der Waals surface area contributed by atoms with Gasteiger partial charge >= 0.3 is 0 Å². The number of hydrogen-bond donors (Lipinski definition) is 1. The Morgan fingerprint density at radius 3 is 2.45 bits per heavy atom. The van der Waals surface area contributed by atoms with Crippen LogP contribution < -0.4 is 5.32 Å². The molecule has 4 aliphatic rings. The van der Waals surface area contributed by atoms with E-state index >= 15 is 0 Å². The Hall–Kier alpha value is -0.130. The van der Waals surface area contributed by atoms with Gasteiger partial charge in [0.2, 0.25) is 0 Å². The highest BCUT2D eigenvalue weighted by Crippen LogP contribution is 2.61. The smallest absolute Gasteiger partial charge is 0.169 e. The molecule has 20 heavy (non-hydrogen) atoms. The third kappa shape index (κ3) is 2.32. The summed E-state index contributed by atoms with van der Waals surface area (Å²) in [7, 11) is 2.16. The normalized spacial score (nSPS) is 40.1. The fraction of sp³-hybridized carbons (Fsp3) is 0.867. The zero-order chi connectivity index (χ0) is 13.6. The lowest BCUT2D eigenvalue weighted by Gasteiger charge is -2.59. The lowest BCUT2D eigenvalue weighted by molar-refractivity contribution is -0.0682. The van der Waals surface area contributed by atoms with Crippen LogP contribution in [-0.4, -0.2) is 28.2 Å². The largest absolute Gasteiger partial charge is 0.316 e. The van der Waals surface area contributed by atoms with E-state index in [2.05, 4.69) is 21.7 Å². The fourth-order valence-corrected chi connectivity index (χ4v) is 7.33. The number of rotatable bonds is 5. The van der Waals surface area contributed by atoms with Gasteiger partial charge in [-0.2, -0.15) is 4.37 Å². The highest BCUT2D eigenvalue weighted by atomic mass is 32.2. The van der Waals surface area contributed by atoms with E-state index in [1.165, 1.54) is 50.1 Å². The molecule has 0 aliphatic heterocycles. The SMILES string of the molecule is CNC(CSc1ncns1)C12CC3CC(CC(C3)C1)C2. The van der Waals surface area contributed by atoms with Crippen LogP contribution in [0.15, 0.2) is 10.7 Å². The van der Waals surface area contributed by atoms with Crippen molar-refractivity contribution >= 4 is 23.3 Å². The van der Waals surface area contributed by atoms with Gasteiger partial charge in [0.25, 0.3) is 0 Å². The Balaban J connectivity index is 1.49. The molecule has 0 radical (unpaired) electrons. The molecule has 0 spiro atoms. The molecule has 0 amide bonds. The summed E-state index contributed by atoms with van der Waals surface area (Å²) in [6.45, 7) is 0. The van der Waals surface area contributed by atoms with Crippen molar-refractivity contribution in [3.05, 3.63) is 6.33 Å². The van der Waals surface area contributed by atoms with Crippen LogP contribution in [0.1, 0.15) is 38.5 Å². The quantitative estimate of drug-likeness (QED) is 0.846. The van der Waals surface area contributed by atoms with Crippen molar-refractivity contribution in [3.8, 4) is 0 Å². The van der Waals surface area contributed by atoms with E-state index in [1.807, 2.05) is 11.8 Å². The number of hydrogen-bond acceptors (Lipinski definition) is 5. The van der Waals surface area contributed by atoms with E-state index in [4.69, 9.17) is 0 Å². The van der Waals surface area contributed by atoms with Crippen molar-refractivity contribution in [1.29, 1.82) is 0 Å². The predicted molar refractivity (Wildman–Crippen MR) is 84.1 cm³/mol. The molecule has 4 aliphatic carbocycles. The van der Waals surface area contributed by atoms with Crippen molar-refractivity contribution in [3.63, 3.8) is 0 Å². The van der Waals surface area contributed by atoms with Crippen LogP contribution in [0.3, 0.4) is 0 Å². The summed E-state index contributed by atoms with van der Waals surface area (Å²) in [5.41, 5.74) is 0.585. The third-order valence-electron chi connectivity index (χ3n) is 5.89. The van der Waals surface area contributed by atoms with Crippen LogP contribution in [0, 0.1) is 23.2 Å². The maximum absolute atomic E-state index is 4.31. The molecule has 1 unspecified atom stereocenters. The van der Waals surface area contributed by atoms with Crippen LogP contribution >= 0.6 is 23.3 Å². The van der Waals surface area contributed by atoms with Gasteiger partial charge in [0, 0.05) is 11.8 Å². The molecular weight excluding hydrogens is 286 g/mol. The molecule has 1 N–H and O–H groups in total. The number of nitrogens with zero attached hydrogens (tertiary/aromatic N) is 2. The Morgan fingerprint density at radius 1 is 1.30 bits per heavy atom. The second kappa shape index (κ2) is 5.25. The van der Waals surface area contributed by atoms with Crippen LogP contribution in [-0.2, 0) is 0 Å². The van der Waals surface area contributed by atoms with E-state index in [9.17, 15) is 0 Å². The lowest BCUT2D eigenvalue weighted by Crippen LogP contribution is -2.56. The standard InChI is InChI=1S/C15H23N3S2/c1-16-13(8-19-14-17-9-18-20-14)15-5-10-2-11(6-15)4-12(3-10)7-15/h9-13,16H,2-8H2,1H3. The molecule has 3 nitrogen and oxygen atoms in total. The average Bonchev–Trinajstić information content (AvgIpc) is 2.90. The van der Waals surface area contributed by atoms with Gasteiger partial charge in [0.05, 0.1) is 0 Å². The van der Waals surface area contributed by atoms with Gasteiger partial charge in [-0.05, 0) is 80.3 Å². The highest BCUT2D eigenvalue weighted by Gasteiger charge is 2.53. The molecule has 1 aromatic rings. The highest BCUT2D eigenvalue weighted by molar-refractivity contribution is 8.00. The molecule has 1 heterocycles. The minimum atomic E-state index is 0.585. The van der Waals surface area contributed by atoms with Crippen molar-refractivity contribution in [1.82, 2.24) is 14.7 Å². The zero-order valence-electron chi connectivity index (χ0n) is 12.0. The number of thioether (sulfide) groups is 1. The van der Waals surface area contributed by atoms with Crippen molar-refractivity contribution in [2.24, 2.45) is 23.2 Å². The first-order chi connectivity index (χ1) is 9.77. The first kappa shape index (κ1) is 13.5. The van der Waals surface area contributed by atoms with Gasteiger partial charge in [-0.25, -0.2) is 4.98 Å². The fourth-order valence-electron chi connectivity index (χ4n) is 5.55. The first-order valence-electron chi connectivity index (χ1n) is 7.84. The van der Waals surface area contributed by atoms with Gasteiger partial charge in [0.1, 0.15) is 6.33 Å². The molecule has 4 saturated carbocycles. The lowest BCUT2D eigenvalue weighted by atomic mass is 9.48. The van der Waals surface area contributed by atoms with E-state index < -0.39 is 0 Å². The Labute approximate surface area is 129 Å². The van der Waals surface area contributed by atoms with E-state index in [0.717, 1.165) is 27.8 Å². The predicted octanol–water partition coefficient (Wildman–Crippen LogP) is 3.43. The topological polar surface area (TPSA) is 37.8 Å². The monoisotopic (exact) mass is 309 g/mol. The average molecular weight is 310 g/mol. The molecule has 0 saturated heterocycles. The minimum absolute atomic E-state index is 0.585. The maximum Gasteiger partial charge on any atom is 0.169 e. The molecular formula is C15H23N3S2. The molecule has 5 rings (SSSR count). The van der Waals surface area contributed by atoms with E-state index in [-0.39, 0.29) is 0 Å². The summed E-state index contributed by atoms with van der Waals surface area (Å²) in [5, 5.41) is 3.66. The van der Waals surface area contributed by atoms with Gasteiger partial charge in [0.15, 0.2) is 4.34 Å². The van der Waals surface area contributed by atoms with Crippen LogP contribution in [0.25, 0.3) is 0 Å². The summed E-state index contributed by atoms with van der Waals surface area (Å²) < 4.78 is 5.23. The zero-order valence-corrected chi connectivity index (χ0v) is 13.7. The van der Waals surface area contributed by atoms with Crippen molar-refractivity contribution in [2.45, 2.75) is 48.9 Å². The Morgan fingerprint density at radius 2 is 1.95 bits per heavy atom. The maximum atomic E-state index is 4.31. The molecule has 110 valence electrons. The number of aromatic nitrogens is 2. The summed E-state index contributed by atoms with van der Waals surface area (Å²) in [4.78, 5) is 4.31. The molecule has 4 bridgehead atoms. The molecule has 0 aromatic carbocycles. The molecule has 5 heteroatoms. The van der Waals surface area contributed by atoms with Crippen LogP contribution in [0.5, 0.6) is 0 Å². The van der Waals surface area contributed by atoms with Crippen LogP contribution in [0.2, 0.25) is 0 Å². The van der Waals surface area contributed by atoms with Crippen LogP contribution in [0.4, 0.5) is 0 Å². The van der Waals surface area contributed by atoms with Gasteiger partial charge in [-0.15, -0.1) is 0 Å². The van der Waals surface area contributed by atoms with E-state index in [1.54, 1.807) is 6.33 Å². The summed E-state index contributed by atoms with van der Waals surface area (Å²) in [6.07, 6.45) is 10.7. The number of nitrogens with one attached hydrogen (secondary N) is 1. The summed E-state index contributed by atoms with van der Waals surface area (Å²) >= 11 is 3.42. The van der Waals surface area contributed by atoms with Gasteiger partial charge in [-0.1, -0.05) is 11.8 Å². The minimum Gasteiger partial charge on any atom is -0.316 e. The van der Waals surface area contributed by atoms with Gasteiger partial charge < -0.3 is 5.32 Å². The second-order valence-corrected chi connectivity index (χ2v) is 9.19. The molecule has 1 aromatic heterocycles. The van der Waals surface area contributed by atoms with Crippen molar-refractivity contribution < 1.29 is 0 Å². The Kier molecular flexibility index (Phi) is 3.55. The summed E-state index contributed by atoms with van der Waals surface area (Å²) in [5.74, 6) is 4.24. The summed E-state index contributed by atoms with van der Waals surface area (Å²) in [6, 6.07) is 0.643. The van der Waals surface area contributed by atoms with E-state index in [0.29, 0.717) is 11.5 Å². The first-order valence-corrected chi connectivity index (χ1v) is 9.60. The van der Waals surface area contributed by atoms with Crippen molar-refractivity contribution in [2.75, 3.05) is 12.8 Å². The Bertz CT molecular complexity index is 424. The molecule has 1 atom stereocenters.